The van der Waals surface area contributed by atoms with E-state index in [1.165, 1.54) is 5.56 Å². The number of nitrogens with one attached hydrogen (secondary N) is 3. The van der Waals surface area contributed by atoms with Gasteiger partial charge in [0.2, 0.25) is 5.91 Å². The molecule has 1 aromatic heterocycles. The van der Waals surface area contributed by atoms with Crippen molar-refractivity contribution in [2.45, 2.75) is 40.0 Å². The molecule has 0 unspecified atom stereocenters. The molecular formula is C23H28N4O2. The summed E-state index contributed by atoms with van der Waals surface area (Å²) in [7, 11) is 0. The van der Waals surface area contributed by atoms with E-state index in [1.807, 2.05) is 63.2 Å². The minimum atomic E-state index is -0.0606. The van der Waals surface area contributed by atoms with Crippen LogP contribution < -0.4 is 10.6 Å². The van der Waals surface area contributed by atoms with Crippen molar-refractivity contribution in [2.75, 3.05) is 11.9 Å². The molecule has 2 amide bonds. The fourth-order valence-corrected chi connectivity index (χ4v) is 2.97. The van der Waals surface area contributed by atoms with Gasteiger partial charge in [-0.2, -0.15) is 0 Å². The molecule has 0 spiro atoms. The molecule has 3 aromatic rings. The van der Waals surface area contributed by atoms with Gasteiger partial charge in [0.1, 0.15) is 5.82 Å². The number of anilines is 1. The summed E-state index contributed by atoms with van der Waals surface area (Å²) in [6.07, 6.45) is 2.51. The van der Waals surface area contributed by atoms with Gasteiger partial charge in [0.05, 0.1) is 11.0 Å². The molecule has 0 saturated carbocycles. The fourth-order valence-electron chi connectivity index (χ4n) is 2.97. The van der Waals surface area contributed by atoms with Crippen LogP contribution in [0.15, 0.2) is 42.5 Å². The topological polar surface area (TPSA) is 86.9 Å². The number of fused-ring (bicyclic) bond motifs is 1. The number of amides is 2. The summed E-state index contributed by atoms with van der Waals surface area (Å²) >= 11 is 0. The van der Waals surface area contributed by atoms with Crippen LogP contribution in [0.4, 0.5) is 5.69 Å². The average molecular weight is 393 g/mol. The van der Waals surface area contributed by atoms with Gasteiger partial charge < -0.3 is 15.6 Å². The molecular weight excluding hydrogens is 364 g/mol. The maximum atomic E-state index is 12.1. The van der Waals surface area contributed by atoms with E-state index in [1.54, 1.807) is 0 Å². The summed E-state index contributed by atoms with van der Waals surface area (Å²) in [4.78, 5) is 31.8. The number of carbonyl (C=O) groups excluding carboxylic acids is 2. The Morgan fingerprint density at radius 2 is 1.83 bits per heavy atom. The predicted molar refractivity (Wildman–Crippen MR) is 116 cm³/mol. The van der Waals surface area contributed by atoms with E-state index in [9.17, 15) is 9.59 Å². The third kappa shape index (κ3) is 5.44. The first-order valence-electron chi connectivity index (χ1n) is 10.1. The third-order valence-corrected chi connectivity index (χ3v) is 4.72. The number of hydrogen-bond donors (Lipinski definition) is 3. The van der Waals surface area contributed by atoms with Crippen LogP contribution in [0.5, 0.6) is 0 Å². The highest BCUT2D eigenvalue weighted by Gasteiger charge is 2.09. The molecule has 0 radical (unpaired) electrons. The molecule has 6 nitrogen and oxygen atoms in total. The number of rotatable bonds is 8. The van der Waals surface area contributed by atoms with Crippen LogP contribution in [0.3, 0.4) is 0 Å². The first kappa shape index (κ1) is 20.6. The Morgan fingerprint density at radius 1 is 1.07 bits per heavy atom. The highest BCUT2D eigenvalue weighted by atomic mass is 16.2. The van der Waals surface area contributed by atoms with Crippen LogP contribution in [0.25, 0.3) is 11.0 Å². The molecule has 1 heterocycles. The maximum absolute atomic E-state index is 12.1. The van der Waals surface area contributed by atoms with Gasteiger partial charge in [-0.3, -0.25) is 9.59 Å². The molecule has 3 N–H and O–H groups in total. The Hall–Kier alpha value is -3.15. The number of hydrogen-bond acceptors (Lipinski definition) is 3. The SMILES string of the molecule is CCCNC(=O)c1ccc2nc(CCc3ccc(NC(=O)C(C)C)cc3)[nH]c2c1. The molecule has 152 valence electrons. The lowest BCUT2D eigenvalue weighted by atomic mass is 10.1. The van der Waals surface area contributed by atoms with Gasteiger partial charge in [0.25, 0.3) is 5.91 Å². The second kappa shape index (κ2) is 9.37. The zero-order valence-electron chi connectivity index (χ0n) is 17.2. The van der Waals surface area contributed by atoms with Gasteiger partial charge in [-0.25, -0.2) is 4.98 Å². The number of H-pyrrole nitrogens is 1. The molecule has 0 aliphatic heterocycles. The van der Waals surface area contributed by atoms with Crippen LogP contribution in [-0.2, 0) is 17.6 Å². The Kier molecular flexibility index (Phi) is 6.65. The lowest BCUT2D eigenvalue weighted by molar-refractivity contribution is -0.118. The Bertz CT molecular complexity index is 990. The quantitative estimate of drug-likeness (QED) is 0.540. The highest BCUT2D eigenvalue weighted by Crippen LogP contribution is 2.16. The van der Waals surface area contributed by atoms with Crippen molar-refractivity contribution in [3.63, 3.8) is 0 Å². The number of nitrogens with zero attached hydrogens (tertiary/aromatic N) is 1. The van der Waals surface area contributed by atoms with Crippen molar-refractivity contribution in [3.05, 3.63) is 59.4 Å². The third-order valence-electron chi connectivity index (χ3n) is 4.72. The number of imidazole rings is 1. The summed E-state index contributed by atoms with van der Waals surface area (Å²) in [6.45, 7) is 6.44. The van der Waals surface area contributed by atoms with E-state index in [-0.39, 0.29) is 17.7 Å². The van der Waals surface area contributed by atoms with Crippen molar-refractivity contribution < 1.29 is 9.59 Å². The van der Waals surface area contributed by atoms with Crippen molar-refractivity contribution in [2.24, 2.45) is 5.92 Å². The molecule has 0 atom stereocenters. The van der Waals surface area contributed by atoms with Gasteiger partial charge in [-0.05, 0) is 48.7 Å². The molecule has 0 saturated heterocycles. The largest absolute Gasteiger partial charge is 0.352 e. The summed E-state index contributed by atoms with van der Waals surface area (Å²) in [5.41, 5.74) is 4.35. The Balaban J connectivity index is 1.61. The normalized spacial score (nSPS) is 11.0. The number of aromatic nitrogens is 2. The van der Waals surface area contributed by atoms with E-state index < -0.39 is 0 Å². The standard InChI is InChI=1S/C23H28N4O2/c1-4-13-24-23(29)17-8-11-19-20(14-17)27-21(26-19)12-7-16-5-9-18(10-6-16)25-22(28)15(2)3/h5-6,8-11,14-15H,4,7,12-13H2,1-3H3,(H,24,29)(H,25,28)(H,26,27). The fraction of sp³-hybridized carbons (Fsp3) is 0.348. The molecule has 6 heteroatoms. The van der Waals surface area contributed by atoms with Crippen LogP contribution in [0.2, 0.25) is 0 Å². The minimum absolute atomic E-state index is 0.0165. The van der Waals surface area contributed by atoms with Crippen LogP contribution in [-0.4, -0.2) is 28.3 Å². The molecule has 0 aliphatic rings. The number of aryl methyl sites for hydroxylation is 2. The van der Waals surface area contributed by atoms with E-state index in [0.29, 0.717) is 12.1 Å². The van der Waals surface area contributed by atoms with Gasteiger partial charge in [0, 0.05) is 30.1 Å². The monoisotopic (exact) mass is 392 g/mol. The van der Waals surface area contributed by atoms with E-state index in [0.717, 1.165) is 41.8 Å². The van der Waals surface area contributed by atoms with Crippen LogP contribution >= 0.6 is 0 Å². The molecule has 0 fully saturated rings. The van der Waals surface area contributed by atoms with Crippen molar-refractivity contribution in [1.29, 1.82) is 0 Å². The van der Waals surface area contributed by atoms with Crippen LogP contribution in [0.1, 0.15) is 48.9 Å². The molecule has 0 bridgehead atoms. The van der Waals surface area contributed by atoms with E-state index in [4.69, 9.17) is 0 Å². The van der Waals surface area contributed by atoms with Crippen molar-refractivity contribution >= 4 is 28.5 Å². The summed E-state index contributed by atoms with van der Waals surface area (Å²) < 4.78 is 0. The molecule has 29 heavy (non-hydrogen) atoms. The van der Waals surface area contributed by atoms with E-state index >= 15 is 0 Å². The first-order chi connectivity index (χ1) is 14.0. The second-order valence-electron chi connectivity index (χ2n) is 7.51. The summed E-state index contributed by atoms with van der Waals surface area (Å²) in [6, 6.07) is 13.4. The van der Waals surface area contributed by atoms with E-state index in [2.05, 4.69) is 20.6 Å². The maximum Gasteiger partial charge on any atom is 0.251 e. The van der Waals surface area contributed by atoms with Crippen LogP contribution in [0, 0.1) is 5.92 Å². The van der Waals surface area contributed by atoms with Crippen molar-refractivity contribution in [3.8, 4) is 0 Å². The lowest BCUT2D eigenvalue weighted by Crippen LogP contribution is -2.23. The Labute approximate surface area is 171 Å². The summed E-state index contributed by atoms with van der Waals surface area (Å²) in [5, 5.41) is 5.79. The van der Waals surface area contributed by atoms with Gasteiger partial charge in [-0.1, -0.05) is 32.9 Å². The van der Waals surface area contributed by atoms with Crippen molar-refractivity contribution in [1.82, 2.24) is 15.3 Å². The number of benzene rings is 2. The zero-order valence-corrected chi connectivity index (χ0v) is 17.2. The molecule has 3 rings (SSSR count). The molecule has 0 aliphatic carbocycles. The lowest BCUT2D eigenvalue weighted by Gasteiger charge is -2.08. The average Bonchev–Trinajstić information content (AvgIpc) is 3.13. The van der Waals surface area contributed by atoms with Gasteiger partial charge >= 0.3 is 0 Å². The summed E-state index contributed by atoms with van der Waals surface area (Å²) in [5.74, 6) is 0.807. The second-order valence-corrected chi connectivity index (χ2v) is 7.51. The van der Waals surface area contributed by atoms with Gasteiger partial charge in [-0.15, -0.1) is 0 Å². The predicted octanol–water partition coefficient (Wildman–Crippen LogP) is 4.08. The minimum Gasteiger partial charge on any atom is -0.352 e. The highest BCUT2D eigenvalue weighted by molar-refractivity contribution is 5.97. The Morgan fingerprint density at radius 3 is 2.52 bits per heavy atom. The number of carbonyl (C=O) groups is 2. The first-order valence-corrected chi connectivity index (χ1v) is 10.1. The van der Waals surface area contributed by atoms with Gasteiger partial charge in [0.15, 0.2) is 0 Å². The smallest absolute Gasteiger partial charge is 0.251 e. The number of aromatic amines is 1. The molecule has 2 aromatic carbocycles. The zero-order chi connectivity index (χ0) is 20.8.